The van der Waals surface area contributed by atoms with E-state index in [1.807, 2.05) is 0 Å². The SMILES string of the molecule is COc1cccc(C=NNC(=[OH+])c2ccccc2[O-])c1[OH2+].[Cu+2]. The molecular formula is C15H15CuN2O4+3. The summed E-state index contributed by atoms with van der Waals surface area (Å²) in [7, 11) is 1.48. The fourth-order valence-electron chi connectivity index (χ4n) is 1.71. The van der Waals surface area contributed by atoms with E-state index in [4.69, 9.17) is 9.84 Å². The van der Waals surface area contributed by atoms with Crippen LogP contribution in [0, 0.1) is 0 Å². The minimum atomic E-state index is -0.341. The first-order valence-electron chi connectivity index (χ1n) is 6.13. The van der Waals surface area contributed by atoms with Crippen LogP contribution in [0.2, 0.25) is 0 Å². The Kier molecular flexibility index (Phi) is 6.44. The van der Waals surface area contributed by atoms with Crippen LogP contribution in [0.1, 0.15) is 11.1 Å². The molecule has 2 aromatic carbocycles. The molecule has 117 valence electrons. The summed E-state index contributed by atoms with van der Waals surface area (Å²) in [5.74, 6) is -0.0298. The van der Waals surface area contributed by atoms with Gasteiger partial charge in [-0.05, 0) is 18.2 Å². The molecule has 0 bridgehead atoms. The van der Waals surface area contributed by atoms with E-state index in [-0.39, 0.29) is 40.0 Å². The zero-order valence-corrected chi connectivity index (χ0v) is 12.6. The summed E-state index contributed by atoms with van der Waals surface area (Å²) in [6, 6.07) is 11.2. The van der Waals surface area contributed by atoms with Gasteiger partial charge in [0.05, 0.1) is 24.5 Å². The molecule has 0 aliphatic heterocycles. The molecule has 0 aromatic heterocycles. The second-order valence-electron chi connectivity index (χ2n) is 4.14. The number of benzene rings is 2. The van der Waals surface area contributed by atoms with Crippen LogP contribution >= 0.6 is 0 Å². The molecule has 6 nitrogen and oxygen atoms in total. The van der Waals surface area contributed by atoms with Gasteiger partial charge in [0.15, 0.2) is 0 Å². The number of hydrogen-bond acceptors (Lipinski definition) is 3. The first kappa shape index (κ1) is 17.6. The van der Waals surface area contributed by atoms with E-state index in [1.54, 1.807) is 30.3 Å². The van der Waals surface area contributed by atoms with Gasteiger partial charge in [-0.1, -0.05) is 30.0 Å². The molecule has 1 radical (unpaired) electrons. The molecule has 0 spiro atoms. The molecular weight excluding hydrogens is 336 g/mol. The van der Waals surface area contributed by atoms with Crippen LogP contribution in [0.4, 0.5) is 0 Å². The molecule has 2 rings (SSSR count). The summed E-state index contributed by atoms with van der Waals surface area (Å²) in [6.45, 7) is 0. The minimum Gasteiger partial charge on any atom is -0.872 e. The topological polar surface area (TPSA) is 101 Å². The largest absolute Gasteiger partial charge is 2.00 e. The number of ether oxygens (including phenoxy) is 1. The molecule has 2 aromatic rings. The Morgan fingerprint density at radius 1 is 1.27 bits per heavy atom. The fraction of sp³-hybridized carbons (Fsp3) is 0.0667. The van der Waals surface area contributed by atoms with Crippen LogP contribution in [0.5, 0.6) is 17.2 Å². The molecule has 0 fully saturated rings. The van der Waals surface area contributed by atoms with Crippen LogP contribution in [-0.2, 0) is 17.1 Å². The minimum absolute atomic E-state index is 0. The van der Waals surface area contributed by atoms with Gasteiger partial charge in [-0.25, -0.2) is 0 Å². The number of rotatable bonds is 4. The molecule has 0 saturated heterocycles. The number of amides is 1. The third kappa shape index (κ3) is 4.00. The fourth-order valence-corrected chi connectivity index (χ4v) is 1.71. The molecule has 1 amide bonds. The van der Waals surface area contributed by atoms with Gasteiger partial charge in [-0.15, -0.1) is 0 Å². The van der Waals surface area contributed by atoms with E-state index >= 15 is 0 Å². The molecule has 0 saturated carbocycles. The number of carbonyl (C=O) groups excluding carboxylic acids is 1. The van der Waals surface area contributed by atoms with Crippen molar-refractivity contribution in [2.24, 2.45) is 5.10 Å². The number of methoxy groups -OCH3 is 1. The van der Waals surface area contributed by atoms with Gasteiger partial charge in [0.1, 0.15) is 0 Å². The number of hydrogen-bond donors (Lipinski definition) is 1. The second-order valence-corrected chi connectivity index (χ2v) is 4.14. The zero-order chi connectivity index (χ0) is 15.2. The van der Waals surface area contributed by atoms with Gasteiger partial charge in [0.25, 0.3) is 0 Å². The molecule has 0 atom stereocenters. The quantitative estimate of drug-likeness (QED) is 0.379. The summed E-state index contributed by atoms with van der Waals surface area (Å²) in [5.41, 5.74) is 3.02. The average Bonchev–Trinajstić information content (AvgIpc) is 2.49. The van der Waals surface area contributed by atoms with Gasteiger partial charge in [-0.3, -0.25) is 4.79 Å². The van der Waals surface area contributed by atoms with Gasteiger partial charge in [-0.2, -0.15) is 10.5 Å². The Balaban J connectivity index is 0.00000242. The van der Waals surface area contributed by atoms with E-state index in [0.717, 1.165) is 0 Å². The van der Waals surface area contributed by atoms with Crippen LogP contribution in [0.3, 0.4) is 0 Å². The molecule has 0 heterocycles. The number of hydrazone groups is 1. The average molecular weight is 351 g/mol. The van der Waals surface area contributed by atoms with E-state index in [2.05, 4.69) is 10.5 Å². The van der Waals surface area contributed by atoms with Crippen LogP contribution in [-0.4, -0.2) is 29.1 Å². The van der Waals surface area contributed by atoms with Crippen molar-refractivity contribution < 1.29 is 36.8 Å². The van der Waals surface area contributed by atoms with Crippen molar-refractivity contribution in [3.8, 4) is 17.2 Å². The third-order valence-electron chi connectivity index (χ3n) is 2.79. The van der Waals surface area contributed by atoms with Crippen molar-refractivity contribution in [3.05, 3.63) is 53.6 Å². The number of nitrogens with zero attached hydrogens (tertiary/aromatic N) is 1. The molecule has 22 heavy (non-hydrogen) atoms. The third-order valence-corrected chi connectivity index (χ3v) is 2.79. The smallest absolute Gasteiger partial charge is 0.872 e. The van der Waals surface area contributed by atoms with Crippen LogP contribution < -0.4 is 15.3 Å². The predicted molar refractivity (Wildman–Crippen MR) is 78.7 cm³/mol. The molecule has 7 heteroatoms. The maximum atomic E-state index is 11.5. The van der Waals surface area contributed by atoms with Crippen molar-refractivity contribution in [1.82, 2.24) is 5.43 Å². The van der Waals surface area contributed by atoms with Crippen molar-refractivity contribution in [2.45, 2.75) is 0 Å². The van der Waals surface area contributed by atoms with Gasteiger partial charge in [0.2, 0.25) is 5.75 Å². The Bertz CT molecular complexity index is 689. The standard InChI is InChI=1S/C15H14N2O4.Cu/c1-21-13-8-4-5-10(14(13)19)9-16-17-15(20)11-6-2-3-7-12(11)18;/h2-9,18-19H,1H3,(H,17,20);/q;+2/p+1. The molecule has 0 aliphatic carbocycles. The van der Waals surface area contributed by atoms with Crippen LogP contribution in [0.25, 0.3) is 0 Å². The van der Waals surface area contributed by atoms with Crippen molar-refractivity contribution >= 4 is 12.1 Å². The second kappa shape index (κ2) is 8.07. The maximum Gasteiger partial charge on any atom is 2.00 e. The molecule has 0 aliphatic rings. The van der Waals surface area contributed by atoms with E-state index in [0.29, 0.717) is 11.3 Å². The van der Waals surface area contributed by atoms with Gasteiger partial charge < -0.3 is 14.9 Å². The summed E-state index contributed by atoms with van der Waals surface area (Å²) in [6.07, 6.45) is 1.37. The van der Waals surface area contributed by atoms with Gasteiger partial charge in [0, 0.05) is 0 Å². The number of nitrogens with one attached hydrogen (secondary N) is 1. The summed E-state index contributed by atoms with van der Waals surface area (Å²) < 4.78 is 5.03. The Hall–Kier alpha value is -2.50. The van der Waals surface area contributed by atoms with E-state index in [1.165, 1.54) is 25.5 Å². The van der Waals surface area contributed by atoms with E-state index < -0.39 is 0 Å². The summed E-state index contributed by atoms with van der Waals surface area (Å²) in [4.78, 5) is 9.77. The first-order valence-corrected chi connectivity index (χ1v) is 6.13. The van der Waals surface area contributed by atoms with E-state index in [9.17, 15) is 9.90 Å². The predicted octanol–water partition coefficient (Wildman–Crippen LogP) is 0.678. The number of para-hydroxylation sites is 2. The first-order chi connectivity index (χ1) is 10.1. The zero-order valence-electron chi connectivity index (χ0n) is 11.6. The summed E-state index contributed by atoms with van der Waals surface area (Å²) >= 11 is 0. The molecule has 0 unspecified atom stereocenters. The summed E-state index contributed by atoms with van der Waals surface area (Å²) in [5, 5.41) is 23.2. The Morgan fingerprint density at radius 3 is 2.68 bits per heavy atom. The van der Waals surface area contributed by atoms with Crippen LogP contribution in [0.15, 0.2) is 47.6 Å². The normalized spacial score (nSPS) is 10.0. The van der Waals surface area contributed by atoms with Gasteiger partial charge >= 0.3 is 28.7 Å². The maximum absolute atomic E-state index is 11.5. The molecule has 4 N–H and O–H groups in total. The monoisotopic (exact) mass is 350 g/mol. The Morgan fingerprint density at radius 2 is 2.00 bits per heavy atom. The van der Waals surface area contributed by atoms with Crippen molar-refractivity contribution in [3.63, 3.8) is 0 Å². The van der Waals surface area contributed by atoms with Crippen molar-refractivity contribution in [2.75, 3.05) is 7.11 Å². The Labute approximate surface area is 137 Å². The van der Waals surface area contributed by atoms with Crippen molar-refractivity contribution in [1.29, 1.82) is 0 Å².